The fourth-order valence-corrected chi connectivity index (χ4v) is 4.13. The molecule has 3 rings (SSSR count). The Labute approximate surface area is 222 Å². The molecule has 0 radical (unpaired) electrons. The van der Waals surface area contributed by atoms with E-state index in [0.717, 1.165) is 36.8 Å². The van der Waals surface area contributed by atoms with Gasteiger partial charge in [0.15, 0.2) is 0 Å². The molecular weight excluding hydrogens is 460 g/mol. The van der Waals surface area contributed by atoms with Crippen molar-refractivity contribution in [2.45, 2.75) is 65.2 Å². The third kappa shape index (κ3) is 9.13. The number of ether oxygens (including phenoxy) is 3. The average molecular weight is 501 g/mol. The molecule has 0 spiro atoms. The third-order valence-corrected chi connectivity index (χ3v) is 6.19. The molecule has 3 aromatic rings. The van der Waals surface area contributed by atoms with E-state index in [4.69, 9.17) is 14.2 Å². The number of carbonyl (C=O) groups is 1. The van der Waals surface area contributed by atoms with E-state index in [-0.39, 0.29) is 6.61 Å². The van der Waals surface area contributed by atoms with Crippen LogP contribution < -0.4 is 14.2 Å². The summed E-state index contributed by atoms with van der Waals surface area (Å²) in [5.74, 6) is 1.11. The van der Waals surface area contributed by atoms with E-state index in [0.29, 0.717) is 29.4 Å². The minimum atomic E-state index is -0.474. The third-order valence-electron chi connectivity index (χ3n) is 6.19. The molecule has 196 valence electrons. The Hall–Kier alpha value is -3.53. The van der Waals surface area contributed by atoms with Gasteiger partial charge in [-0.1, -0.05) is 101 Å². The zero-order valence-corrected chi connectivity index (χ0v) is 22.3. The zero-order chi connectivity index (χ0) is 26.3. The highest BCUT2D eigenvalue weighted by Crippen LogP contribution is 2.28. The van der Waals surface area contributed by atoms with Crippen molar-refractivity contribution in [2.75, 3.05) is 13.2 Å². The Morgan fingerprint density at radius 2 is 1.41 bits per heavy atom. The average Bonchev–Trinajstić information content (AvgIpc) is 2.92. The molecule has 0 bridgehead atoms. The maximum absolute atomic E-state index is 13.0. The summed E-state index contributed by atoms with van der Waals surface area (Å²) in [5.41, 5.74) is 3.90. The number of hydrogen-bond donors (Lipinski definition) is 0. The van der Waals surface area contributed by atoms with E-state index < -0.39 is 5.97 Å². The number of unbranched alkanes of at least 4 members (excludes halogenated alkanes) is 5. The largest absolute Gasteiger partial charge is 0.493 e. The number of hydrogen-bond acceptors (Lipinski definition) is 4. The molecule has 0 amide bonds. The lowest BCUT2D eigenvalue weighted by Crippen LogP contribution is -2.11. The van der Waals surface area contributed by atoms with Gasteiger partial charge in [-0.3, -0.25) is 0 Å². The molecule has 4 heteroatoms. The van der Waals surface area contributed by atoms with E-state index >= 15 is 0 Å². The molecule has 0 atom stereocenters. The van der Waals surface area contributed by atoms with Crippen LogP contribution in [0.1, 0.15) is 74.7 Å². The first-order valence-corrected chi connectivity index (χ1v) is 13.6. The number of carbonyl (C=O) groups excluding carboxylic acids is 1. The van der Waals surface area contributed by atoms with Crippen molar-refractivity contribution in [2.24, 2.45) is 0 Å². The predicted octanol–water partition coefficient (Wildman–Crippen LogP) is 8.83. The molecule has 0 N–H and O–H groups in total. The van der Waals surface area contributed by atoms with Crippen LogP contribution in [-0.4, -0.2) is 19.2 Å². The standard InChI is InChI=1S/C33H40O4/c1-4-7-8-9-10-11-24-35-30-21-22-31(32(25-30)36-23-6-3)33(34)37-29-19-17-28(18-20-29)27-15-13-26(12-5-2)14-16-27/h6,13-22,25H,3-5,7-12,23-24H2,1-2H3. The van der Waals surface area contributed by atoms with Crippen molar-refractivity contribution in [1.29, 1.82) is 0 Å². The van der Waals surface area contributed by atoms with Crippen LogP contribution >= 0.6 is 0 Å². The summed E-state index contributed by atoms with van der Waals surface area (Å²) in [4.78, 5) is 13.0. The van der Waals surface area contributed by atoms with E-state index in [1.165, 1.54) is 31.2 Å². The predicted molar refractivity (Wildman–Crippen MR) is 152 cm³/mol. The molecule has 0 aromatic heterocycles. The molecule has 0 saturated carbocycles. The Morgan fingerprint density at radius 3 is 2.08 bits per heavy atom. The van der Waals surface area contributed by atoms with Gasteiger partial charge in [0.1, 0.15) is 29.4 Å². The molecule has 0 heterocycles. The first kappa shape index (κ1) is 28.0. The van der Waals surface area contributed by atoms with Gasteiger partial charge in [0.25, 0.3) is 0 Å². The molecule has 4 nitrogen and oxygen atoms in total. The van der Waals surface area contributed by atoms with Crippen LogP contribution in [0.3, 0.4) is 0 Å². The van der Waals surface area contributed by atoms with Crippen LogP contribution in [-0.2, 0) is 6.42 Å². The lowest BCUT2D eigenvalue weighted by molar-refractivity contribution is 0.0730. The molecule has 0 unspecified atom stereocenters. The Balaban J connectivity index is 1.61. The highest BCUT2D eigenvalue weighted by molar-refractivity contribution is 5.94. The van der Waals surface area contributed by atoms with Gasteiger partial charge >= 0.3 is 5.97 Å². The van der Waals surface area contributed by atoms with Gasteiger partial charge < -0.3 is 14.2 Å². The lowest BCUT2D eigenvalue weighted by Gasteiger charge is -2.13. The quantitative estimate of drug-likeness (QED) is 0.0853. The maximum atomic E-state index is 13.0. The highest BCUT2D eigenvalue weighted by atomic mass is 16.5. The molecule has 0 fully saturated rings. The number of esters is 1. The summed E-state index contributed by atoms with van der Waals surface area (Å²) in [6.45, 7) is 9.04. The molecule has 3 aromatic carbocycles. The van der Waals surface area contributed by atoms with E-state index in [2.05, 4.69) is 44.7 Å². The second-order valence-electron chi connectivity index (χ2n) is 9.23. The van der Waals surface area contributed by atoms with Crippen LogP contribution in [0.4, 0.5) is 0 Å². The number of aryl methyl sites for hydroxylation is 1. The van der Waals surface area contributed by atoms with Crippen molar-refractivity contribution in [3.8, 4) is 28.4 Å². The minimum absolute atomic E-state index is 0.285. The van der Waals surface area contributed by atoms with E-state index in [1.807, 2.05) is 24.3 Å². The smallest absolute Gasteiger partial charge is 0.347 e. The first-order valence-electron chi connectivity index (χ1n) is 13.6. The van der Waals surface area contributed by atoms with Gasteiger partial charge in [-0.15, -0.1) is 0 Å². The number of rotatable bonds is 16. The zero-order valence-electron chi connectivity index (χ0n) is 22.3. The van der Waals surface area contributed by atoms with Gasteiger partial charge in [0.05, 0.1) is 6.61 Å². The second kappa shape index (κ2) is 15.6. The van der Waals surface area contributed by atoms with Gasteiger partial charge in [-0.2, -0.15) is 0 Å². The molecule has 0 aliphatic rings. The lowest BCUT2D eigenvalue weighted by atomic mass is 10.0. The Morgan fingerprint density at radius 1 is 0.757 bits per heavy atom. The summed E-state index contributed by atoms with van der Waals surface area (Å²) in [7, 11) is 0. The molecule has 0 aliphatic carbocycles. The fourth-order valence-electron chi connectivity index (χ4n) is 4.13. The molecule has 0 aliphatic heterocycles. The second-order valence-corrected chi connectivity index (χ2v) is 9.23. The van der Waals surface area contributed by atoms with Gasteiger partial charge in [-0.25, -0.2) is 4.79 Å². The first-order chi connectivity index (χ1) is 18.1. The van der Waals surface area contributed by atoms with Gasteiger partial charge in [0, 0.05) is 6.07 Å². The van der Waals surface area contributed by atoms with Crippen molar-refractivity contribution in [3.05, 3.63) is 90.5 Å². The minimum Gasteiger partial charge on any atom is -0.493 e. The number of benzene rings is 3. The van der Waals surface area contributed by atoms with Crippen LogP contribution in [0.2, 0.25) is 0 Å². The topological polar surface area (TPSA) is 44.8 Å². The monoisotopic (exact) mass is 500 g/mol. The normalized spacial score (nSPS) is 10.6. The fraction of sp³-hybridized carbons (Fsp3) is 0.364. The van der Waals surface area contributed by atoms with Crippen molar-refractivity contribution in [1.82, 2.24) is 0 Å². The Kier molecular flexibility index (Phi) is 11.8. The maximum Gasteiger partial charge on any atom is 0.347 e. The molecule has 0 saturated heterocycles. The van der Waals surface area contributed by atoms with Crippen molar-refractivity contribution in [3.63, 3.8) is 0 Å². The van der Waals surface area contributed by atoms with E-state index in [1.54, 1.807) is 24.3 Å². The van der Waals surface area contributed by atoms with Gasteiger partial charge in [-0.05, 0) is 53.8 Å². The summed E-state index contributed by atoms with van der Waals surface area (Å²) in [6.07, 6.45) is 11.1. The molecular formula is C33H40O4. The van der Waals surface area contributed by atoms with Crippen molar-refractivity contribution < 1.29 is 19.0 Å². The van der Waals surface area contributed by atoms with Crippen LogP contribution in [0.15, 0.2) is 79.4 Å². The summed E-state index contributed by atoms with van der Waals surface area (Å²) >= 11 is 0. The summed E-state index contributed by atoms with van der Waals surface area (Å²) in [6, 6.07) is 21.4. The summed E-state index contributed by atoms with van der Waals surface area (Å²) < 4.78 is 17.3. The van der Waals surface area contributed by atoms with Crippen LogP contribution in [0.5, 0.6) is 17.2 Å². The molecule has 37 heavy (non-hydrogen) atoms. The Bertz CT molecular complexity index is 1100. The van der Waals surface area contributed by atoms with Gasteiger partial charge in [0.2, 0.25) is 0 Å². The SMILES string of the molecule is C=CCOc1cc(OCCCCCCCC)ccc1C(=O)Oc1ccc(-c2ccc(CCC)cc2)cc1. The van der Waals surface area contributed by atoms with Crippen molar-refractivity contribution >= 4 is 5.97 Å². The van der Waals surface area contributed by atoms with E-state index in [9.17, 15) is 4.79 Å². The van der Waals surface area contributed by atoms with Crippen LogP contribution in [0.25, 0.3) is 11.1 Å². The summed E-state index contributed by atoms with van der Waals surface area (Å²) in [5, 5.41) is 0. The van der Waals surface area contributed by atoms with Crippen LogP contribution in [0, 0.1) is 0 Å². The highest BCUT2D eigenvalue weighted by Gasteiger charge is 2.16.